The lowest BCUT2D eigenvalue weighted by Crippen LogP contribution is -2.35. The number of aromatic nitrogens is 1. The van der Waals surface area contributed by atoms with Crippen LogP contribution in [0.5, 0.6) is 0 Å². The van der Waals surface area contributed by atoms with Gasteiger partial charge < -0.3 is 9.47 Å². The first-order valence-electron chi connectivity index (χ1n) is 6.76. The van der Waals surface area contributed by atoms with E-state index < -0.39 is 0 Å². The van der Waals surface area contributed by atoms with Gasteiger partial charge >= 0.3 is 0 Å². The number of nitriles is 1. The van der Waals surface area contributed by atoms with E-state index >= 15 is 0 Å². The van der Waals surface area contributed by atoms with Crippen molar-refractivity contribution in [3.63, 3.8) is 0 Å². The molecule has 4 nitrogen and oxygen atoms in total. The molecule has 0 saturated heterocycles. The maximum Gasteiger partial charge on any atom is 0.270 e. The zero-order valence-electron chi connectivity index (χ0n) is 10.7. The largest absolute Gasteiger partial charge is 0.339 e. The van der Waals surface area contributed by atoms with Crippen LogP contribution in [0.1, 0.15) is 48.6 Å². The van der Waals surface area contributed by atoms with Gasteiger partial charge in [0.25, 0.3) is 5.91 Å². The average molecular weight is 322 g/mol. The molecule has 0 N–H and O–H groups in total. The van der Waals surface area contributed by atoms with Gasteiger partial charge in [0.15, 0.2) is 0 Å². The van der Waals surface area contributed by atoms with Crippen LogP contribution in [-0.2, 0) is 0 Å². The highest BCUT2D eigenvalue weighted by atomic mass is 79.9. The van der Waals surface area contributed by atoms with Gasteiger partial charge in [-0.3, -0.25) is 4.79 Å². The third kappa shape index (κ3) is 2.69. The first-order valence-corrected chi connectivity index (χ1v) is 7.55. The Bertz CT molecular complexity index is 537. The summed E-state index contributed by atoms with van der Waals surface area (Å²) < 4.78 is 3.05. The number of carbonyl (C=O) groups excluding carboxylic acids is 1. The quantitative estimate of drug-likeness (QED) is 0.836. The number of carbonyl (C=O) groups is 1. The van der Waals surface area contributed by atoms with E-state index in [1.165, 1.54) is 0 Å². The molecule has 0 radical (unpaired) electrons. The molecule has 5 heteroatoms. The van der Waals surface area contributed by atoms with Crippen molar-refractivity contribution in [2.45, 2.75) is 44.2 Å². The molecule has 3 rings (SSSR count). The standard InChI is InChI=1S/C14H16BrN3O/c15-10-8-13(18(9-10)12-4-5-12)14(19)17(7-1-6-16)11-2-3-11/h8-9,11-12H,1-5,7H2. The van der Waals surface area contributed by atoms with Gasteiger partial charge in [-0.25, -0.2) is 0 Å². The summed E-state index contributed by atoms with van der Waals surface area (Å²) in [6, 6.07) is 4.87. The molecule has 2 aliphatic rings. The predicted octanol–water partition coefficient (Wildman–Crippen LogP) is 3.10. The van der Waals surface area contributed by atoms with Crippen molar-refractivity contribution in [2.24, 2.45) is 0 Å². The smallest absolute Gasteiger partial charge is 0.270 e. The third-order valence-corrected chi connectivity index (χ3v) is 4.12. The first-order chi connectivity index (χ1) is 9.20. The summed E-state index contributed by atoms with van der Waals surface area (Å²) in [5.41, 5.74) is 0.763. The summed E-state index contributed by atoms with van der Waals surface area (Å²) in [6.07, 6.45) is 6.87. The zero-order valence-corrected chi connectivity index (χ0v) is 12.3. The summed E-state index contributed by atoms with van der Waals surface area (Å²) >= 11 is 3.46. The van der Waals surface area contributed by atoms with Crippen molar-refractivity contribution < 1.29 is 4.79 Å². The van der Waals surface area contributed by atoms with E-state index in [0.717, 1.165) is 35.8 Å². The van der Waals surface area contributed by atoms with Crippen LogP contribution in [0.2, 0.25) is 0 Å². The van der Waals surface area contributed by atoms with E-state index in [2.05, 4.69) is 26.6 Å². The second-order valence-corrected chi connectivity index (χ2v) is 6.24. The number of halogens is 1. The summed E-state index contributed by atoms with van der Waals surface area (Å²) in [5.74, 6) is 0.0790. The Morgan fingerprint density at radius 3 is 2.79 bits per heavy atom. The molecular weight excluding hydrogens is 306 g/mol. The Morgan fingerprint density at radius 1 is 1.47 bits per heavy atom. The zero-order chi connectivity index (χ0) is 13.4. The maximum absolute atomic E-state index is 12.7. The molecule has 2 aliphatic carbocycles. The SMILES string of the molecule is N#CCCN(C(=O)c1cc(Br)cn1C1CC1)C1CC1. The fourth-order valence-corrected chi connectivity index (χ4v) is 2.86. The lowest BCUT2D eigenvalue weighted by molar-refractivity contribution is 0.0735. The summed E-state index contributed by atoms with van der Waals surface area (Å²) in [4.78, 5) is 14.6. The van der Waals surface area contributed by atoms with Crippen LogP contribution in [0, 0.1) is 11.3 Å². The van der Waals surface area contributed by atoms with E-state index in [9.17, 15) is 4.79 Å². The van der Waals surface area contributed by atoms with Crippen molar-refractivity contribution in [3.05, 3.63) is 22.4 Å². The Hall–Kier alpha value is -1.28. The average Bonchev–Trinajstić information content (AvgIpc) is 3.28. The molecule has 1 aromatic heterocycles. The second-order valence-electron chi connectivity index (χ2n) is 5.32. The highest BCUT2D eigenvalue weighted by Gasteiger charge is 2.35. The lowest BCUT2D eigenvalue weighted by Gasteiger charge is -2.22. The Morgan fingerprint density at radius 2 is 2.21 bits per heavy atom. The molecule has 0 atom stereocenters. The molecule has 2 fully saturated rings. The van der Waals surface area contributed by atoms with Gasteiger partial charge in [-0.2, -0.15) is 5.26 Å². The summed E-state index contributed by atoms with van der Waals surface area (Å²) in [5, 5.41) is 8.73. The summed E-state index contributed by atoms with van der Waals surface area (Å²) in [6.45, 7) is 0.549. The van der Waals surface area contributed by atoms with Gasteiger partial charge in [0.05, 0.1) is 12.5 Å². The van der Waals surface area contributed by atoms with E-state index in [-0.39, 0.29) is 5.91 Å². The van der Waals surface area contributed by atoms with Gasteiger partial charge in [0.1, 0.15) is 5.69 Å². The highest BCUT2D eigenvalue weighted by Crippen LogP contribution is 2.38. The van der Waals surface area contributed by atoms with E-state index in [1.807, 2.05) is 17.2 Å². The second kappa shape index (κ2) is 5.01. The Labute approximate surface area is 121 Å². The molecule has 2 saturated carbocycles. The highest BCUT2D eigenvalue weighted by molar-refractivity contribution is 9.10. The van der Waals surface area contributed by atoms with E-state index in [1.54, 1.807) is 0 Å². The molecular formula is C14H16BrN3O. The minimum absolute atomic E-state index is 0.0790. The van der Waals surface area contributed by atoms with Crippen molar-refractivity contribution in [2.75, 3.05) is 6.54 Å². The fourth-order valence-electron chi connectivity index (χ4n) is 2.43. The molecule has 100 valence electrons. The molecule has 0 unspecified atom stereocenters. The van der Waals surface area contributed by atoms with Crippen molar-refractivity contribution in [1.29, 1.82) is 5.26 Å². The number of hydrogen-bond donors (Lipinski definition) is 0. The number of amides is 1. The first kappa shape index (κ1) is 12.7. The van der Waals surface area contributed by atoms with Crippen LogP contribution in [-0.4, -0.2) is 28.0 Å². The molecule has 0 aromatic carbocycles. The van der Waals surface area contributed by atoms with Crippen LogP contribution in [0.25, 0.3) is 0 Å². The number of rotatable bonds is 5. The van der Waals surface area contributed by atoms with Crippen molar-refractivity contribution in [3.8, 4) is 6.07 Å². The predicted molar refractivity (Wildman–Crippen MR) is 74.7 cm³/mol. The van der Waals surface area contributed by atoms with E-state index in [4.69, 9.17) is 5.26 Å². The van der Waals surface area contributed by atoms with Crippen LogP contribution in [0.3, 0.4) is 0 Å². The molecule has 19 heavy (non-hydrogen) atoms. The van der Waals surface area contributed by atoms with Gasteiger partial charge in [0, 0.05) is 29.3 Å². The normalized spacial score (nSPS) is 18.1. The Balaban J connectivity index is 1.83. The fraction of sp³-hybridized carbons (Fsp3) is 0.571. The molecule has 1 amide bonds. The van der Waals surface area contributed by atoms with Gasteiger partial charge in [-0.15, -0.1) is 0 Å². The van der Waals surface area contributed by atoms with Crippen LogP contribution in [0.4, 0.5) is 0 Å². The molecule has 0 bridgehead atoms. The van der Waals surface area contributed by atoms with Crippen LogP contribution < -0.4 is 0 Å². The third-order valence-electron chi connectivity index (χ3n) is 3.69. The minimum Gasteiger partial charge on any atom is -0.339 e. The molecule has 1 heterocycles. The number of hydrogen-bond acceptors (Lipinski definition) is 2. The van der Waals surface area contributed by atoms with Crippen LogP contribution in [0.15, 0.2) is 16.7 Å². The van der Waals surface area contributed by atoms with E-state index in [0.29, 0.717) is 25.0 Å². The van der Waals surface area contributed by atoms with Gasteiger partial charge in [0.2, 0.25) is 0 Å². The molecule has 1 aromatic rings. The van der Waals surface area contributed by atoms with Crippen molar-refractivity contribution in [1.82, 2.24) is 9.47 Å². The topological polar surface area (TPSA) is 49.0 Å². The van der Waals surface area contributed by atoms with Crippen molar-refractivity contribution >= 4 is 21.8 Å². The molecule has 0 spiro atoms. The van der Waals surface area contributed by atoms with Gasteiger partial charge in [-0.05, 0) is 47.7 Å². The Kier molecular flexibility index (Phi) is 3.36. The number of nitrogens with zero attached hydrogens (tertiary/aromatic N) is 3. The lowest BCUT2D eigenvalue weighted by atomic mass is 10.3. The monoisotopic (exact) mass is 321 g/mol. The summed E-state index contributed by atoms with van der Waals surface area (Å²) in [7, 11) is 0. The maximum atomic E-state index is 12.7. The molecule has 0 aliphatic heterocycles. The van der Waals surface area contributed by atoms with Crippen LogP contribution >= 0.6 is 15.9 Å². The van der Waals surface area contributed by atoms with Gasteiger partial charge in [-0.1, -0.05) is 0 Å². The minimum atomic E-state index is 0.0790.